The molecule has 1 aromatic carbocycles. The number of nitrogens with two attached hydrogens (primary N) is 1. The van der Waals surface area contributed by atoms with Gasteiger partial charge in [0.2, 0.25) is 0 Å². The topological polar surface area (TPSA) is 77.2 Å². The summed E-state index contributed by atoms with van der Waals surface area (Å²) < 4.78 is 5.36. The summed E-state index contributed by atoms with van der Waals surface area (Å²) in [6.45, 7) is -0.000836. The van der Waals surface area contributed by atoms with E-state index in [0.29, 0.717) is 10.9 Å². The lowest BCUT2D eigenvalue weighted by Crippen LogP contribution is -2.24. The smallest absolute Gasteiger partial charge is 0.257 e. The highest BCUT2D eigenvalue weighted by atomic mass is 32.1. The number of rotatable bonds is 4. The number of carbonyl (C=O) groups is 1. The van der Waals surface area contributed by atoms with E-state index in [0.717, 1.165) is 11.3 Å². The van der Waals surface area contributed by atoms with Gasteiger partial charge < -0.3 is 15.8 Å². The van der Waals surface area contributed by atoms with Gasteiger partial charge in [-0.05, 0) is 12.1 Å². The van der Waals surface area contributed by atoms with Gasteiger partial charge in [-0.15, -0.1) is 11.3 Å². The van der Waals surface area contributed by atoms with E-state index in [1.165, 1.54) is 11.3 Å². The molecule has 0 atom stereocenters. The fourth-order valence-electron chi connectivity index (χ4n) is 1.39. The maximum Gasteiger partial charge on any atom is 0.257 e. The summed E-state index contributed by atoms with van der Waals surface area (Å²) >= 11 is 1.39. The summed E-state index contributed by atoms with van der Waals surface area (Å²) in [4.78, 5) is 15.3. The lowest BCUT2D eigenvalue weighted by molar-refractivity contribution is -0.122. The van der Waals surface area contributed by atoms with E-state index in [-0.39, 0.29) is 12.5 Å². The Morgan fingerprint density at radius 1 is 1.56 bits per heavy atom. The number of thiazole rings is 1. The monoisotopic (exact) mass is 263 g/mol. The average Bonchev–Trinajstić information content (AvgIpc) is 2.83. The van der Waals surface area contributed by atoms with Crippen molar-refractivity contribution in [2.75, 3.05) is 19.4 Å². The molecule has 0 saturated heterocycles. The SMILES string of the molecule is CNC(=O)COc1cccc(-c2csc(N)n2)c1. The van der Waals surface area contributed by atoms with E-state index in [2.05, 4.69) is 10.3 Å². The zero-order chi connectivity index (χ0) is 13.0. The van der Waals surface area contributed by atoms with E-state index in [1.807, 2.05) is 23.6 Å². The van der Waals surface area contributed by atoms with Gasteiger partial charge in [0.25, 0.3) is 5.91 Å². The fraction of sp³-hybridized carbons (Fsp3) is 0.167. The van der Waals surface area contributed by atoms with E-state index >= 15 is 0 Å². The van der Waals surface area contributed by atoms with Crippen LogP contribution >= 0.6 is 11.3 Å². The Bertz CT molecular complexity index is 554. The second-order valence-electron chi connectivity index (χ2n) is 3.56. The maximum atomic E-state index is 11.1. The van der Waals surface area contributed by atoms with Crippen LogP contribution in [-0.4, -0.2) is 24.5 Å². The third kappa shape index (κ3) is 2.98. The molecule has 6 heteroatoms. The highest BCUT2D eigenvalue weighted by Gasteiger charge is 2.05. The minimum absolute atomic E-state index is 0.000836. The molecule has 0 spiro atoms. The molecule has 18 heavy (non-hydrogen) atoms. The Labute approximate surface area is 109 Å². The lowest BCUT2D eigenvalue weighted by atomic mass is 10.2. The Morgan fingerprint density at radius 2 is 2.39 bits per heavy atom. The third-order valence-electron chi connectivity index (χ3n) is 2.30. The molecule has 0 radical (unpaired) electrons. The van der Waals surface area contributed by atoms with Crippen LogP contribution in [0.3, 0.4) is 0 Å². The molecule has 0 aliphatic carbocycles. The van der Waals surface area contributed by atoms with Gasteiger partial charge in [0, 0.05) is 18.0 Å². The van der Waals surface area contributed by atoms with Crippen molar-refractivity contribution in [3.05, 3.63) is 29.6 Å². The molecule has 0 aliphatic heterocycles. The summed E-state index contributed by atoms with van der Waals surface area (Å²) in [6.07, 6.45) is 0. The highest BCUT2D eigenvalue weighted by Crippen LogP contribution is 2.26. The van der Waals surface area contributed by atoms with E-state index in [4.69, 9.17) is 10.5 Å². The molecule has 0 fully saturated rings. The second-order valence-corrected chi connectivity index (χ2v) is 4.45. The second kappa shape index (κ2) is 5.50. The van der Waals surface area contributed by atoms with Crippen LogP contribution in [0.2, 0.25) is 0 Å². The van der Waals surface area contributed by atoms with Gasteiger partial charge in [-0.2, -0.15) is 0 Å². The predicted molar refractivity (Wildman–Crippen MR) is 71.5 cm³/mol. The Kier molecular flexibility index (Phi) is 3.78. The molecular formula is C12H13N3O2S. The first kappa shape index (κ1) is 12.4. The summed E-state index contributed by atoms with van der Waals surface area (Å²) in [6, 6.07) is 7.39. The number of ether oxygens (including phenoxy) is 1. The third-order valence-corrected chi connectivity index (χ3v) is 2.97. The Balaban J connectivity index is 2.12. The van der Waals surface area contributed by atoms with Crippen LogP contribution in [0.4, 0.5) is 5.13 Å². The van der Waals surface area contributed by atoms with Gasteiger partial charge in [0.1, 0.15) is 5.75 Å². The van der Waals surface area contributed by atoms with Crippen molar-refractivity contribution in [3.63, 3.8) is 0 Å². The van der Waals surface area contributed by atoms with Crippen LogP contribution in [0.5, 0.6) is 5.75 Å². The fourth-order valence-corrected chi connectivity index (χ4v) is 1.96. The number of nitrogen functional groups attached to an aromatic ring is 1. The van der Waals surface area contributed by atoms with E-state index < -0.39 is 0 Å². The number of nitrogens with zero attached hydrogens (tertiary/aromatic N) is 1. The van der Waals surface area contributed by atoms with Gasteiger partial charge in [-0.1, -0.05) is 12.1 Å². The van der Waals surface area contributed by atoms with E-state index in [9.17, 15) is 4.79 Å². The Morgan fingerprint density at radius 3 is 3.06 bits per heavy atom. The normalized spacial score (nSPS) is 10.1. The average molecular weight is 263 g/mol. The van der Waals surface area contributed by atoms with Crippen molar-refractivity contribution in [2.24, 2.45) is 0 Å². The molecule has 1 heterocycles. The zero-order valence-corrected chi connectivity index (χ0v) is 10.7. The summed E-state index contributed by atoms with van der Waals surface area (Å²) in [5.74, 6) is 0.459. The number of hydrogen-bond acceptors (Lipinski definition) is 5. The van der Waals surface area contributed by atoms with Crippen LogP contribution in [0.15, 0.2) is 29.6 Å². The minimum Gasteiger partial charge on any atom is -0.484 e. The van der Waals surface area contributed by atoms with Gasteiger partial charge in [0.05, 0.1) is 5.69 Å². The molecule has 0 bridgehead atoms. The van der Waals surface area contributed by atoms with Crippen LogP contribution in [-0.2, 0) is 4.79 Å². The summed E-state index contributed by atoms with van der Waals surface area (Å²) in [7, 11) is 1.57. The van der Waals surface area contributed by atoms with Crippen LogP contribution in [0.25, 0.3) is 11.3 Å². The first-order valence-corrected chi connectivity index (χ1v) is 6.22. The predicted octanol–water partition coefficient (Wildman–Crippen LogP) is 1.52. The van der Waals surface area contributed by atoms with Gasteiger partial charge in [-0.3, -0.25) is 4.79 Å². The minimum atomic E-state index is -0.168. The number of nitrogens with one attached hydrogen (secondary N) is 1. The molecule has 0 unspecified atom stereocenters. The molecule has 1 amide bonds. The van der Waals surface area contributed by atoms with Crippen molar-refractivity contribution < 1.29 is 9.53 Å². The number of amides is 1. The van der Waals surface area contributed by atoms with Crippen LogP contribution < -0.4 is 15.8 Å². The summed E-state index contributed by atoms with van der Waals surface area (Å²) in [5, 5.41) is 4.91. The van der Waals surface area contributed by atoms with Gasteiger partial charge in [0.15, 0.2) is 11.7 Å². The number of aromatic nitrogens is 1. The number of benzene rings is 1. The lowest BCUT2D eigenvalue weighted by Gasteiger charge is -2.06. The Hall–Kier alpha value is -2.08. The van der Waals surface area contributed by atoms with Crippen LogP contribution in [0.1, 0.15) is 0 Å². The number of likely N-dealkylation sites (N-methyl/N-ethyl adjacent to an activating group) is 1. The molecule has 0 aliphatic rings. The molecule has 2 rings (SSSR count). The van der Waals surface area contributed by atoms with Crippen molar-refractivity contribution in [1.29, 1.82) is 0 Å². The maximum absolute atomic E-state index is 11.1. The molecule has 2 aromatic rings. The van der Waals surface area contributed by atoms with Crippen molar-refractivity contribution in [2.45, 2.75) is 0 Å². The number of anilines is 1. The molecule has 94 valence electrons. The first-order chi connectivity index (χ1) is 8.69. The first-order valence-electron chi connectivity index (χ1n) is 5.34. The van der Waals surface area contributed by atoms with Gasteiger partial charge >= 0.3 is 0 Å². The highest BCUT2D eigenvalue weighted by molar-refractivity contribution is 7.13. The van der Waals surface area contributed by atoms with Gasteiger partial charge in [-0.25, -0.2) is 4.98 Å². The molecule has 0 saturated carbocycles. The molecular weight excluding hydrogens is 250 g/mol. The quantitative estimate of drug-likeness (QED) is 0.876. The van der Waals surface area contributed by atoms with Crippen molar-refractivity contribution in [1.82, 2.24) is 10.3 Å². The van der Waals surface area contributed by atoms with Crippen LogP contribution in [0, 0.1) is 0 Å². The zero-order valence-electron chi connectivity index (χ0n) is 9.84. The van der Waals surface area contributed by atoms with E-state index in [1.54, 1.807) is 13.1 Å². The number of hydrogen-bond donors (Lipinski definition) is 2. The molecule has 3 N–H and O–H groups in total. The largest absolute Gasteiger partial charge is 0.484 e. The standard InChI is InChI=1S/C12H13N3O2S/c1-14-11(16)6-17-9-4-2-3-8(5-9)10-7-18-12(13)15-10/h2-5,7H,6H2,1H3,(H2,13,15)(H,14,16). The van der Waals surface area contributed by atoms with Crippen molar-refractivity contribution >= 4 is 22.4 Å². The van der Waals surface area contributed by atoms with Crippen molar-refractivity contribution in [3.8, 4) is 17.0 Å². The molecule has 1 aromatic heterocycles. The molecule has 5 nitrogen and oxygen atoms in total. The summed E-state index contributed by atoms with van der Waals surface area (Å²) in [5.41, 5.74) is 7.32. The number of carbonyl (C=O) groups excluding carboxylic acids is 1.